The van der Waals surface area contributed by atoms with Gasteiger partial charge in [0.05, 0.1) is 17.0 Å². The number of pyridine rings is 1. The van der Waals surface area contributed by atoms with Crippen LogP contribution in [0.3, 0.4) is 0 Å². The van der Waals surface area contributed by atoms with E-state index >= 15 is 0 Å². The summed E-state index contributed by atoms with van der Waals surface area (Å²) in [7, 11) is 0. The minimum atomic E-state index is -0.610. The number of benzene rings is 3. The lowest BCUT2D eigenvalue weighted by Gasteiger charge is -2.28. The fourth-order valence-corrected chi connectivity index (χ4v) is 4.38. The molecule has 1 aromatic heterocycles. The molecule has 156 valence electrons. The SMILES string of the molecule is CCc1ccc(C2C(C#N)=C(N)Oc3c2c(=O)n(-c2ccccc2)c2ccccc32)cc1. The maximum absolute atomic E-state index is 14.0. The van der Waals surface area contributed by atoms with Crippen molar-refractivity contribution in [3.05, 3.63) is 117 Å². The number of aromatic nitrogens is 1. The third-order valence-corrected chi connectivity index (χ3v) is 5.98. The normalized spacial score (nSPS) is 15.2. The molecule has 32 heavy (non-hydrogen) atoms. The molecule has 0 fully saturated rings. The van der Waals surface area contributed by atoms with Crippen LogP contribution in [0.2, 0.25) is 0 Å². The molecule has 0 aliphatic carbocycles. The highest BCUT2D eigenvalue weighted by Gasteiger charge is 2.35. The van der Waals surface area contributed by atoms with E-state index in [0.29, 0.717) is 11.3 Å². The van der Waals surface area contributed by atoms with E-state index < -0.39 is 5.92 Å². The second-order valence-corrected chi connectivity index (χ2v) is 7.76. The number of rotatable bonds is 3. The Kier molecular flexibility index (Phi) is 4.76. The summed E-state index contributed by atoms with van der Waals surface area (Å²) >= 11 is 0. The summed E-state index contributed by atoms with van der Waals surface area (Å²) in [5.41, 5.74) is 10.1. The van der Waals surface area contributed by atoms with Crippen LogP contribution < -0.4 is 16.0 Å². The van der Waals surface area contributed by atoms with Gasteiger partial charge in [-0.3, -0.25) is 9.36 Å². The first kappa shape index (κ1) is 19.7. The molecule has 0 spiro atoms. The van der Waals surface area contributed by atoms with E-state index in [4.69, 9.17) is 10.5 Å². The van der Waals surface area contributed by atoms with E-state index in [0.717, 1.165) is 28.6 Å². The number of allylic oxidation sites excluding steroid dienone is 1. The van der Waals surface area contributed by atoms with Gasteiger partial charge in [0.1, 0.15) is 17.4 Å². The molecule has 5 rings (SSSR count). The van der Waals surface area contributed by atoms with Crippen LogP contribution in [0, 0.1) is 11.3 Å². The number of para-hydroxylation sites is 2. The molecule has 4 aromatic rings. The Hall–Kier alpha value is -4.30. The Balaban J connectivity index is 1.89. The van der Waals surface area contributed by atoms with Crippen molar-refractivity contribution in [2.24, 2.45) is 5.73 Å². The number of fused-ring (bicyclic) bond motifs is 3. The largest absolute Gasteiger partial charge is 0.439 e. The number of nitrogens with zero attached hydrogens (tertiary/aromatic N) is 2. The van der Waals surface area contributed by atoms with Crippen molar-refractivity contribution in [2.45, 2.75) is 19.3 Å². The summed E-state index contributed by atoms with van der Waals surface area (Å²) < 4.78 is 7.62. The lowest BCUT2D eigenvalue weighted by atomic mass is 9.83. The summed E-state index contributed by atoms with van der Waals surface area (Å²) in [6, 6.07) is 27.2. The smallest absolute Gasteiger partial charge is 0.263 e. The molecule has 1 unspecified atom stereocenters. The highest BCUT2D eigenvalue weighted by atomic mass is 16.5. The van der Waals surface area contributed by atoms with Gasteiger partial charge in [0.25, 0.3) is 5.56 Å². The minimum Gasteiger partial charge on any atom is -0.439 e. The molecule has 3 aromatic carbocycles. The van der Waals surface area contributed by atoms with Crippen LogP contribution in [0.5, 0.6) is 5.75 Å². The molecule has 2 heterocycles. The highest BCUT2D eigenvalue weighted by Crippen LogP contribution is 2.43. The van der Waals surface area contributed by atoms with Crippen molar-refractivity contribution in [3.8, 4) is 17.5 Å². The molecule has 0 bridgehead atoms. The third kappa shape index (κ3) is 2.97. The maximum Gasteiger partial charge on any atom is 0.263 e. The van der Waals surface area contributed by atoms with E-state index in [-0.39, 0.29) is 17.0 Å². The summed E-state index contributed by atoms with van der Waals surface area (Å²) in [5, 5.41) is 10.7. The minimum absolute atomic E-state index is 0.0339. The average molecular weight is 419 g/mol. The first-order valence-electron chi connectivity index (χ1n) is 10.5. The van der Waals surface area contributed by atoms with Crippen molar-refractivity contribution in [2.75, 3.05) is 0 Å². The van der Waals surface area contributed by atoms with Gasteiger partial charge >= 0.3 is 0 Å². The molecular formula is C27H21N3O2. The number of nitrogens with two attached hydrogens (primary N) is 1. The molecule has 5 heteroatoms. The molecule has 0 saturated carbocycles. The van der Waals surface area contributed by atoms with Gasteiger partial charge in [-0.25, -0.2) is 0 Å². The van der Waals surface area contributed by atoms with Crippen LogP contribution in [-0.2, 0) is 6.42 Å². The Morgan fingerprint density at radius 2 is 1.69 bits per heavy atom. The van der Waals surface area contributed by atoms with Crippen molar-refractivity contribution >= 4 is 10.9 Å². The Morgan fingerprint density at radius 3 is 2.38 bits per heavy atom. The van der Waals surface area contributed by atoms with Crippen molar-refractivity contribution in [3.63, 3.8) is 0 Å². The maximum atomic E-state index is 14.0. The summed E-state index contributed by atoms with van der Waals surface area (Å²) in [6.07, 6.45) is 0.902. The lowest BCUT2D eigenvalue weighted by Crippen LogP contribution is -2.31. The van der Waals surface area contributed by atoms with E-state index in [9.17, 15) is 10.1 Å². The summed E-state index contributed by atoms with van der Waals surface area (Å²) in [5.74, 6) is -0.160. The highest BCUT2D eigenvalue weighted by molar-refractivity contribution is 5.89. The zero-order valence-electron chi connectivity index (χ0n) is 17.6. The Morgan fingerprint density at radius 1 is 1.00 bits per heavy atom. The van der Waals surface area contributed by atoms with Crippen LogP contribution >= 0.6 is 0 Å². The van der Waals surface area contributed by atoms with E-state index in [1.165, 1.54) is 5.56 Å². The molecule has 0 saturated heterocycles. The third-order valence-electron chi connectivity index (χ3n) is 5.98. The van der Waals surface area contributed by atoms with Gasteiger partial charge in [-0.15, -0.1) is 0 Å². The standard InChI is InChI=1S/C27H21N3O2/c1-2-17-12-14-18(15-13-17)23-21(16-28)26(29)32-25-20-10-6-7-11-22(20)30(27(31)24(23)25)19-8-4-3-5-9-19/h3-15,23H,2,29H2,1H3. The predicted molar refractivity (Wildman–Crippen MR) is 125 cm³/mol. The van der Waals surface area contributed by atoms with E-state index in [2.05, 4.69) is 13.0 Å². The number of aryl methyl sites for hydroxylation is 1. The fourth-order valence-electron chi connectivity index (χ4n) is 4.38. The van der Waals surface area contributed by atoms with Gasteiger partial charge in [-0.05, 0) is 41.8 Å². The summed E-state index contributed by atoms with van der Waals surface area (Å²) in [4.78, 5) is 14.0. The van der Waals surface area contributed by atoms with Crippen molar-refractivity contribution < 1.29 is 4.74 Å². The molecule has 0 amide bonds. The average Bonchev–Trinajstić information content (AvgIpc) is 2.84. The molecule has 1 atom stereocenters. The second kappa shape index (κ2) is 7.75. The number of hydrogen-bond acceptors (Lipinski definition) is 4. The second-order valence-electron chi connectivity index (χ2n) is 7.76. The first-order valence-corrected chi connectivity index (χ1v) is 10.5. The van der Waals surface area contributed by atoms with Gasteiger partial charge in [0.15, 0.2) is 0 Å². The van der Waals surface area contributed by atoms with Gasteiger partial charge in [-0.1, -0.05) is 61.5 Å². The monoisotopic (exact) mass is 419 g/mol. The van der Waals surface area contributed by atoms with E-state index in [1.807, 2.05) is 78.9 Å². The van der Waals surface area contributed by atoms with Crippen LogP contribution in [0.15, 0.2) is 95.1 Å². The molecule has 0 radical (unpaired) electrons. The van der Waals surface area contributed by atoms with Gasteiger partial charge in [0, 0.05) is 11.1 Å². The van der Waals surface area contributed by atoms with Crippen molar-refractivity contribution in [1.29, 1.82) is 5.26 Å². The topological polar surface area (TPSA) is 81.0 Å². The summed E-state index contributed by atoms with van der Waals surface area (Å²) in [6.45, 7) is 2.09. The molecule has 1 aliphatic heterocycles. The first-order chi connectivity index (χ1) is 15.6. The van der Waals surface area contributed by atoms with Crippen molar-refractivity contribution in [1.82, 2.24) is 4.57 Å². The number of nitriles is 1. The lowest BCUT2D eigenvalue weighted by molar-refractivity contribution is 0.396. The van der Waals surface area contributed by atoms with Crippen LogP contribution in [0.1, 0.15) is 29.5 Å². The van der Waals surface area contributed by atoms with Crippen LogP contribution in [-0.4, -0.2) is 4.57 Å². The molecule has 2 N–H and O–H groups in total. The molecule has 5 nitrogen and oxygen atoms in total. The van der Waals surface area contributed by atoms with Gasteiger partial charge < -0.3 is 10.5 Å². The zero-order valence-corrected chi connectivity index (χ0v) is 17.6. The van der Waals surface area contributed by atoms with Crippen LogP contribution in [0.4, 0.5) is 0 Å². The zero-order chi connectivity index (χ0) is 22.2. The van der Waals surface area contributed by atoms with E-state index in [1.54, 1.807) is 4.57 Å². The Labute approximate surface area is 185 Å². The van der Waals surface area contributed by atoms with Gasteiger partial charge in [-0.2, -0.15) is 5.26 Å². The quantitative estimate of drug-likeness (QED) is 0.519. The molecule has 1 aliphatic rings. The van der Waals surface area contributed by atoms with Crippen LogP contribution in [0.25, 0.3) is 16.6 Å². The fraction of sp³-hybridized carbons (Fsp3) is 0.111. The number of ether oxygens (including phenoxy) is 1. The van der Waals surface area contributed by atoms with Gasteiger partial charge in [0.2, 0.25) is 5.88 Å². The number of hydrogen-bond donors (Lipinski definition) is 1. The molecular weight excluding hydrogens is 398 g/mol. The Bertz CT molecular complexity index is 1460. The predicted octanol–water partition coefficient (Wildman–Crippen LogP) is 4.77.